The van der Waals surface area contributed by atoms with Gasteiger partial charge >= 0.3 is 11.8 Å². The summed E-state index contributed by atoms with van der Waals surface area (Å²) < 4.78 is 15.3. The first-order valence-electron chi connectivity index (χ1n) is 11.3. The van der Waals surface area contributed by atoms with E-state index >= 15 is 0 Å². The second-order valence-electron chi connectivity index (χ2n) is 9.74. The molecule has 11 nitrogen and oxygen atoms in total. The van der Waals surface area contributed by atoms with Crippen LogP contribution in [0.4, 0.5) is 4.79 Å². The summed E-state index contributed by atoms with van der Waals surface area (Å²) in [7, 11) is 1.61. The van der Waals surface area contributed by atoms with Gasteiger partial charge in [-0.1, -0.05) is 6.07 Å². The fourth-order valence-corrected chi connectivity index (χ4v) is 4.66. The number of piperidine rings is 2. The summed E-state index contributed by atoms with van der Waals surface area (Å²) >= 11 is 0. The van der Waals surface area contributed by atoms with Crippen LogP contribution >= 0.6 is 0 Å². The van der Waals surface area contributed by atoms with Crippen molar-refractivity contribution in [1.82, 2.24) is 19.4 Å². The van der Waals surface area contributed by atoms with E-state index in [1.54, 1.807) is 25.2 Å². The number of ether oxygens (including phenoxy) is 2. The van der Waals surface area contributed by atoms with E-state index < -0.39 is 35.9 Å². The molecule has 34 heavy (non-hydrogen) atoms. The third-order valence-electron chi connectivity index (χ3n) is 6.14. The first-order chi connectivity index (χ1) is 16.0. The van der Waals surface area contributed by atoms with Gasteiger partial charge in [0.1, 0.15) is 29.5 Å². The van der Waals surface area contributed by atoms with Crippen LogP contribution < -0.4 is 15.7 Å². The van der Waals surface area contributed by atoms with Crippen molar-refractivity contribution in [3.8, 4) is 5.75 Å². The van der Waals surface area contributed by atoms with Gasteiger partial charge in [0.05, 0.1) is 17.7 Å². The monoisotopic (exact) mass is 474 g/mol. The molecule has 2 fully saturated rings. The van der Waals surface area contributed by atoms with Gasteiger partial charge in [-0.2, -0.15) is 0 Å². The fourth-order valence-electron chi connectivity index (χ4n) is 4.66. The maximum absolute atomic E-state index is 13.1. The number of likely N-dealkylation sites (tertiary alicyclic amines) is 1. The van der Waals surface area contributed by atoms with E-state index in [2.05, 4.69) is 5.32 Å². The van der Waals surface area contributed by atoms with Crippen LogP contribution in [0, 0.1) is 0 Å². The molecule has 11 heteroatoms. The van der Waals surface area contributed by atoms with Crippen LogP contribution in [0.3, 0.4) is 0 Å². The second-order valence-corrected chi connectivity index (χ2v) is 9.74. The maximum Gasteiger partial charge on any atom is 0.407 e. The van der Waals surface area contributed by atoms with Gasteiger partial charge in [0.15, 0.2) is 0 Å². The van der Waals surface area contributed by atoms with E-state index in [-0.39, 0.29) is 31.0 Å². The van der Waals surface area contributed by atoms with E-state index in [4.69, 9.17) is 9.47 Å². The molecule has 0 aliphatic carbocycles. The highest BCUT2D eigenvalue weighted by molar-refractivity contribution is 6.00. The number of imide groups is 1. The summed E-state index contributed by atoms with van der Waals surface area (Å²) in [4.78, 5) is 50.0. The molecular weight excluding hydrogens is 444 g/mol. The van der Waals surface area contributed by atoms with Crippen LogP contribution in [0.2, 0.25) is 0 Å². The molecule has 0 saturated carbocycles. The summed E-state index contributed by atoms with van der Waals surface area (Å²) in [6.45, 7) is 6.16. The number of benzene rings is 1. The summed E-state index contributed by atoms with van der Waals surface area (Å²) in [5, 5.41) is 11.7. The third-order valence-corrected chi connectivity index (χ3v) is 6.14. The number of aromatic nitrogens is 2. The number of nitrogens with one attached hydrogen (secondary N) is 1. The average molecular weight is 475 g/mol. The van der Waals surface area contributed by atoms with Gasteiger partial charge in [0.25, 0.3) is 0 Å². The normalized spacial score (nSPS) is 23.8. The number of carboxylic acid groups (broad SMARTS) is 1. The average Bonchev–Trinajstić information content (AvgIpc) is 2.99. The Kier molecular flexibility index (Phi) is 6.15. The van der Waals surface area contributed by atoms with Gasteiger partial charge in [-0.3, -0.25) is 24.0 Å². The molecule has 1 aromatic carbocycles. The molecular formula is C23H30N4O7. The van der Waals surface area contributed by atoms with Gasteiger partial charge in [-0.25, -0.2) is 9.59 Å². The molecule has 0 bridgehead atoms. The lowest BCUT2D eigenvalue weighted by Gasteiger charge is -2.40. The number of carbonyl (C=O) groups is 3. The lowest BCUT2D eigenvalue weighted by molar-refractivity contribution is -0.135. The summed E-state index contributed by atoms with van der Waals surface area (Å²) in [6, 6.07) is 4.43. The zero-order chi connectivity index (χ0) is 24.8. The van der Waals surface area contributed by atoms with Crippen LogP contribution in [0.15, 0.2) is 23.0 Å². The van der Waals surface area contributed by atoms with Crippen molar-refractivity contribution in [2.45, 2.75) is 63.9 Å². The van der Waals surface area contributed by atoms with Crippen molar-refractivity contribution in [1.29, 1.82) is 0 Å². The third kappa shape index (κ3) is 4.52. The first-order valence-corrected chi connectivity index (χ1v) is 11.3. The van der Waals surface area contributed by atoms with Gasteiger partial charge in [0, 0.05) is 26.4 Å². The van der Waals surface area contributed by atoms with Crippen molar-refractivity contribution in [2.24, 2.45) is 7.05 Å². The predicted octanol–water partition coefficient (Wildman–Crippen LogP) is 1.63. The summed E-state index contributed by atoms with van der Waals surface area (Å²) in [6.07, 6.45) is -1.13. The minimum atomic E-state index is -1.01. The van der Waals surface area contributed by atoms with Gasteiger partial charge in [-0.05, 0) is 39.3 Å². The maximum atomic E-state index is 13.1. The Morgan fingerprint density at radius 1 is 1.15 bits per heavy atom. The van der Waals surface area contributed by atoms with E-state index in [0.717, 1.165) is 0 Å². The Labute approximate surface area is 196 Å². The number of rotatable bonds is 4. The molecule has 2 aliphatic heterocycles. The van der Waals surface area contributed by atoms with Crippen molar-refractivity contribution in [2.75, 3.05) is 13.1 Å². The number of carbonyl (C=O) groups excluding carboxylic acids is 2. The topological polar surface area (TPSA) is 132 Å². The minimum Gasteiger partial charge on any atom is -0.485 e. The van der Waals surface area contributed by atoms with E-state index in [1.165, 1.54) is 14.0 Å². The number of fused-ring (bicyclic) bond motifs is 1. The van der Waals surface area contributed by atoms with Crippen molar-refractivity contribution in [3.63, 3.8) is 0 Å². The SMILES string of the molecule is Cn1c(=O)n(C2CCC(=O)NC2=O)c2cccc(OC3CCN(C(=O)O)CC3OC(C)(C)C)c21. The number of hydrogen-bond donors (Lipinski definition) is 2. The second kappa shape index (κ2) is 8.79. The quantitative estimate of drug-likeness (QED) is 0.644. The van der Waals surface area contributed by atoms with Crippen LogP contribution in [-0.4, -0.2) is 67.9 Å². The minimum absolute atomic E-state index is 0.156. The number of aryl methyl sites for hydroxylation is 1. The van der Waals surface area contributed by atoms with Crippen molar-refractivity contribution in [3.05, 3.63) is 28.7 Å². The first kappa shape index (κ1) is 23.8. The molecule has 3 unspecified atom stereocenters. The Hall–Kier alpha value is -3.34. The zero-order valence-corrected chi connectivity index (χ0v) is 19.7. The molecule has 2 N–H and O–H groups in total. The Morgan fingerprint density at radius 2 is 1.88 bits per heavy atom. The van der Waals surface area contributed by atoms with Gasteiger partial charge < -0.3 is 19.5 Å². The van der Waals surface area contributed by atoms with E-state index in [1.807, 2.05) is 20.8 Å². The zero-order valence-electron chi connectivity index (χ0n) is 19.7. The molecule has 1 aromatic heterocycles. The summed E-state index contributed by atoms with van der Waals surface area (Å²) in [5.74, 6) is -0.410. The van der Waals surface area contributed by atoms with Crippen LogP contribution in [-0.2, 0) is 21.4 Å². The predicted molar refractivity (Wildman–Crippen MR) is 122 cm³/mol. The number of para-hydroxylation sites is 1. The molecule has 4 rings (SSSR count). The molecule has 2 aliphatic rings. The molecule has 2 aromatic rings. The Morgan fingerprint density at radius 3 is 2.53 bits per heavy atom. The fraction of sp³-hybridized carbons (Fsp3) is 0.565. The molecule has 3 atom stereocenters. The van der Waals surface area contributed by atoms with Crippen molar-refractivity contribution >= 4 is 28.9 Å². The smallest absolute Gasteiger partial charge is 0.407 e. The number of amides is 3. The molecule has 184 valence electrons. The van der Waals surface area contributed by atoms with Crippen LogP contribution in [0.5, 0.6) is 5.75 Å². The largest absolute Gasteiger partial charge is 0.485 e. The van der Waals surface area contributed by atoms with Crippen LogP contribution in [0.1, 0.15) is 46.1 Å². The standard InChI is InChI=1S/C23H30N4O7/c1-23(2,3)34-17-12-26(22(31)32)11-10-15(17)33-16-7-5-6-13-19(16)25(4)21(30)27(13)14-8-9-18(28)24-20(14)29/h5-7,14-15,17H,8-12H2,1-4H3,(H,31,32)(H,24,28,29). The highest BCUT2D eigenvalue weighted by Gasteiger charge is 2.37. The van der Waals surface area contributed by atoms with E-state index in [9.17, 15) is 24.3 Å². The number of hydrogen-bond acceptors (Lipinski definition) is 6. The van der Waals surface area contributed by atoms with Crippen molar-refractivity contribution < 1.29 is 29.0 Å². The summed E-state index contributed by atoms with van der Waals surface area (Å²) in [5.41, 5.74) is 0.147. The highest BCUT2D eigenvalue weighted by Crippen LogP contribution is 2.31. The van der Waals surface area contributed by atoms with Gasteiger partial charge in [-0.15, -0.1) is 0 Å². The molecule has 0 radical (unpaired) electrons. The Bertz CT molecular complexity index is 1190. The number of nitrogens with zero attached hydrogens (tertiary/aromatic N) is 3. The Balaban J connectivity index is 1.70. The molecule has 3 heterocycles. The van der Waals surface area contributed by atoms with Gasteiger partial charge in [0.2, 0.25) is 11.8 Å². The molecule has 2 saturated heterocycles. The van der Waals surface area contributed by atoms with Crippen LogP contribution in [0.25, 0.3) is 11.0 Å². The lowest BCUT2D eigenvalue weighted by Crippen LogP contribution is -2.53. The molecule has 3 amide bonds. The number of imidazole rings is 1. The molecule has 0 spiro atoms. The van der Waals surface area contributed by atoms with E-state index in [0.29, 0.717) is 29.7 Å². The lowest BCUT2D eigenvalue weighted by atomic mass is 10.0. The highest BCUT2D eigenvalue weighted by atomic mass is 16.6.